The highest BCUT2D eigenvalue weighted by Gasteiger charge is 2.14. The van der Waals surface area contributed by atoms with E-state index in [1.54, 1.807) is 31.2 Å². The zero-order valence-corrected chi connectivity index (χ0v) is 12.7. The minimum absolute atomic E-state index is 0.0145. The Morgan fingerprint density at radius 1 is 1.14 bits per heavy atom. The number of aliphatic hydroxyl groups excluding tert-OH is 1. The number of carbonyl (C=O) groups is 1. The van der Waals surface area contributed by atoms with Crippen LogP contribution in [-0.2, 0) is 4.79 Å². The monoisotopic (exact) mass is 301 g/mol. The second kappa shape index (κ2) is 7.18. The number of anilines is 1. The van der Waals surface area contributed by atoms with Crippen LogP contribution in [0, 0.1) is 5.82 Å². The van der Waals surface area contributed by atoms with E-state index in [9.17, 15) is 14.3 Å². The number of rotatable bonds is 5. The molecule has 0 radical (unpaired) electrons. The molecule has 2 atom stereocenters. The molecule has 0 saturated carbocycles. The molecule has 0 aliphatic heterocycles. The molecule has 0 saturated heterocycles. The van der Waals surface area contributed by atoms with Crippen LogP contribution >= 0.6 is 0 Å². The molecule has 0 spiro atoms. The number of carbonyl (C=O) groups excluding carboxylic acids is 1. The van der Waals surface area contributed by atoms with Gasteiger partial charge in [-0.05, 0) is 36.6 Å². The zero-order chi connectivity index (χ0) is 16.1. The van der Waals surface area contributed by atoms with Crippen molar-refractivity contribution in [3.05, 3.63) is 65.5 Å². The summed E-state index contributed by atoms with van der Waals surface area (Å²) in [6.45, 7) is 3.58. The molecule has 2 unspecified atom stereocenters. The van der Waals surface area contributed by atoms with Crippen LogP contribution in [0.15, 0.2) is 48.5 Å². The average molecular weight is 301 g/mol. The van der Waals surface area contributed by atoms with Crippen molar-refractivity contribution >= 4 is 11.6 Å². The standard InChI is InChI=1S/C18H20FNO2/c1-12(14-7-9-15(19)10-8-14)11-18(22)20-17-6-4-3-5-16(17)13(2)21/h3-10,12-13,21H,11H2,1-2H3,(H,20,22). The van der Waals surface area contributed by atoms with Crippen molar-refractivity contribution in [2.45, 2.75) is 32.3 Å². The first-order valence-corrected chi connectivity index (χ1v) is 7.29. The zero-order valence-electron chi connectivity index (χ0n) is 12.7. The van der Waals surface area contributed by atoms with Gasteiger partial charge >= 0.3 is 0 Å². The van der Waals surface area contributed by atoms with Crippen molar-refractivity contribution in [1.82, 2.24) is 0 Å². The molecule has 0 aromatic heterocycles. The molecule has 0 aliphatic carbocycles. The van der Waals surface area contributed by atoms with Crippen molar-refractivity contribution in [1.29, 1.82) is 0 Å². The molecule has 1 amide bonds. The van der Waals surface area contributed by atoms with Crippen LogP contribution in [0.2, 0.25) is 0 Å². The summed E-state index contributed by atoms with van der Waals surface area (Å²) in [7, 11) is 0. The molecule has 0 heterocycles. The molecule has 2 aromatic rings. The van der Waals surface area contributed by atoms with Crippen molar-refractivity contribution in [3.8, 4) is 0 Å². The molecule has 116 valence electrons. The van der Waals surface area contributed by atoms with E-state index in [4.69, 9.17) is 0 Å². The summed E-state index contributed by atoms with van der Waals surface area (Å²) in [4.78, 5) is 12.2. The average Bonchev–Trinajstić information content (AvgIpc) is 2.48. The van der Waals surface area contributed by atoms with Crippen molar-refractivity contribution in [3.63, 3.8) is 0 Å². The number of hydrogen-bond acceptors (Lipinski definition) is 2. The first kappa shape index (κ1) is 16.2. The quantitative estimate of drug-likeness (QED) is 0.876. The Kier molecular flexibility index (Phi) is 5.28. The summed E-state index contributed by atoms with van der Waals surface area (Å²) in [5, 5.41) is 12.5. The summed E-state index contributed by atoms with van der Waals surface area (Å²) in [5.41, 5.74) is 2.22. The number of benzene rings is 2. The fourth-order valence-corrected chi connectivity index (χ4v) is 2.36. The molecule has 0 aliphatic rings. The van der Waals surface area contributed by atoms with E-state index in [0.717, 1.165) is 5.56 Å². The van der Waals surface area contributed by atoms with Gasteiger partial charge in [-0.25, -0.2) is 4.39 Å². The normalized spacial score (nSPS) is 13.5. The summed E-state index contributed by atoms with van der Waals surface area (Å²) in [5.74, 6) is -0.435. The van der Waals surface area contributed by atoms with E-state index >= 15 is 0 Å². The predicted molar refractivity (Wildman–Crippen MR) is 85.1 cm³/mol. The van der Waals surface area contributed by atoms with E-state index in [1.165, 1.54) is 12.1 Å². The predicted octanol–water partition coefficient (Wildman–Crippen LogP) is 4.01. The maximum Gasteiger partial charge on any atom is 0.224 e. The molecule has 0 bridgehead atoms. The summed E-state index contributed by atoms with van der Waals surface area (Å²) in [6.07, 6.45) is -0.356. The first-order chi connectivity index (χ1) is 10.5. The lowest BCUT2D eigenvalue weighted by Crippen LogP contribution is -2.16. The number of amides is 1. The highest BCUT2D eigenvalue weighted by molar-refractivity contribution is 5.92. The van der Waals surface area contributed by atoms with Gasteiger partial charge in [0.05, 0.1) is 6.10 Å². The first-order valence-electron chi connectivity index (χ1n) is 7.29. The Morgan fingerprint density at radius 3 is 2.41 bits per heavy atom. The Morgan fingerprint density at radius 2 is 1.77 bits per heavy atom. The van der Waals surface area contributed by atoms with E-state index in [1.807, 2.05) is 19.1 Å². The molecule has 0 fully saturated rings. The largest absolute Gasteiger partial charge is 0.389 e. The van der Waals surface area contributed by atoms with Crippen LogP contribution < -0.4 is 5.32 Å². The summed E-state index contributed by atoms with van der Waals surface area (Å²) in [6, 6.07) is 13.4. The fraction of sp³-hybridized carbons (Fsp3) is 0.278. The van der Waals surface area contributed by atoms with E-state index in [0.29, 0.717) is 17.7 Å². The van der Waals surface area contributed by atoms with Gasteiger partial charge in [-0.3, -0.25) is 4.79 Å². The molecular weight excluding hydrogens is 281 g/mol. The summed E-state index contributed by atoms with van der Waals surface area (Å²) >= 11 is 0. The number of para-hydroxylation sites is 1. The van der Waals surface area contributed by atoms with Crippen LogP contribution in [0.4, 0.5) is 10.1 Å². The fourth-order valence-electron chi connectivity index (χ4n) is 2.36. The van der Waals surface area contributed by atoms with Gasteiger partial charge in [0.15, 0.2) is 0 Å². The SMILES string of the molecule is CC(O)c1ccccc1NC(=O)CC(C)c1ccc(F)cc1. The lowest BCUT2D eigenvalue weighted by Gasteiger charge is -2.15. The minimum Gasteiger partial charge on any atom is -0.389 e. The van der Waals surface area contributed by atoms with Gasteiger partial charge in [0.25, 0.3) is 0 Å². The maximum absolute atomic E-state index is 12.9. The molecule has 2 rings (SSSR count). The topological polar surface area (TPSA) is 49.3 Å². The Hall–Kier alpha value is -2.20. The van der Waals surface area contributed by atoms with E-state index < -0.39 is 6.10 Å². The third-order valence-corrected chi connectivity index (χ3v) is 3.62. The van der Waals surface area contributed by atoms with Crippen LogP contribution in [-0.4, -0.2) is 11.0 Å². The highest BCUT2D eigenvalue weighted by Crippen LogP contribution is 2.24. The third kappa shape index (κ3) is 4.15. The molecular formula is C18H20FNO2. The van der Waals surface area contributed by atoms with Gasteiger partial charge in [0.2, 0.25) is 5.91 Å². The van der Waals surface area contributed by atoms with E-state index in [2.05, 4.69) is 5.32 Å². The van der Waals surface area contributed by atoms with Gasteiger partial charge in [-0.15, -0.1) is 0 Å². The molecule has 3 nitrogen and oxygen atoms in total. The van der Waals surface area contributed by atoms with Crippen molar-refractivity contribution < 1.29 is 14.3 Å². The van der Waals surface area contributed by atoms with Gasteiger partial charge in [0.1, 0.15) is 5.82 Å². The molecule has 2 aromatic carbocycles. The van der Waals surface area contributed by atoms with Crippen LogP contribution in [0.25, 0.3) is 0 Å². The highest BCUT2D eigenvalue weighted by atomic mass is 19.1. The van der Waals surface area contributed by atoms with E-state index in [-0.39, 0.29) is 17.6 Å². The molecule has 22 heavy (non-hydrogen) atoms. The Bertz CT molecular complexity index is 638. The molecule has 2 N–H and O–H groups in total. The van der Waals surface area contributed by atoms with Crippen molar-refractivity contribution in [2.75, 3.05) is 5.32 Å². The van der Waals surface area contributed by atoms with Crippen LogP contribution in [0.1, 0.15) is 43.4 Å². The van der Waals surface area contributed by atoms with Crippen LogP contribution in [0.5, 0.6) is 0 Å². The lowest BCUT2D eigenvalue weighted by molar-refractivity contribution is -0.116. The van der Waals surface area contributed by atoms with Gasteiger partial charge in [-0.1, -0.05) is 37.3 Å². The Balaban J connectivity index is 2.02. The number of nitrogens with one attached hydrogen (secondary N) is 1. The number of halogens is 1. The Labute approximate surface area is 129 Å². The van der Waals surface area contributed by atoms with Gasteiger partial charge in [0, 0.05) is 17.7 Å². The number of hydrogen-bond donors (Lipinski definition) is 2. The second-order valence-corrected chi connectivity index (χ2v) is 5.47. The summed E-state index contributed by atoms with van der Waals surface area (Å²) < 4.78 is 12.9. The molecule has 4 heteroatoms. The van der Waals surface area contributed by atoms with Gasteiger partial charge < -0.3 is 10.4 Å². The maximum atomic E-state index is 12.9. The smallest absolute Gasteiger partial charge is 0.224 e. The third-order valence-electron chi connectivity index (χ3n) is 3.62. The lowest BCUT2D eigenvalue weighted by atomic mass is 9.97. The number of aliphatic hydroxyl groups is 1. The van der Waals surface area contributed by atoms with Gasteiger partial charge in [-0.2, -0.15) is 0 Å². The second-order valence-electron chi connectivity index (χ2n) is 5.47. The minimum atomic E-state index is -0.647. The van der Waals surface area contributed by atoms with Crippen molar-refractivity contribution in [2.24, 2.45) is 0 Å². The van der Waals surface area contributed by atoms with Crippen LogP contribution in [0.3, 0.4) is 0 Å².